The number of ketones is 1. The number of carbonyl (C=O) groups is 1. The first kappa shape index (κ1) is 11.7. The zero-order chi connectivity index (χ0) is 10.6. The SMILES string of the molecule is CCC(C)(OC)C(=O)C1CCCOC1. The molecule has 1 heterocycles. The Labute approximate surface area is 85.8 Å². The van der Waals surface area contributed by atoms with Crippen molar-refractivity contribution in [3.63, 3.8) is 0 Å². The molecule has 1 saturated heterocycles. The summed E-state index contributed by atoms with van der Waals surface area (Å²) in [5.41, 5.74) is -0.620. The van der Waals surface area contributed by atoms with Crippen molar-refractivity contribution in [2.45, 2.75) is 38.7 Å². The smallest absolute Gasteiger partial charge is 0.169 e. The summed E-state index contributed by atoms with van der Waals surface area (Å²) < 4.78 is 10.6. The third-order valence-electron chi connectivity index (χ3n) is 3.18. The average molecular weight is 200 g/mol. The lowest BCUT2D eigenvalue weighted by Gasteiger charge is -2.31. The summed E-state index contributed by atoms with van der Waals surface area (Å²) in [7, 11) is 1.60. The van der Waals surface area contributed by atoms with E-state index in [0.29, 0.717) is 6.61 Å². The highest BCUT2D eigenvalue weighted by atomic mass is 16.5. The van der Waals surface area contributed by atoms with Crippen LogP contribution in [0.3, 0.4) is 0 Å². The fraction of sp³-hybridized carbons (Fsp3) is 0.909. The van der Waals surface area contributed by atoms with E-state index in [9.17, 15) is 4.79 Å². The first-order valence-corrected chi connectivity index (χ1v) is 5.31. The van der Waals surface area contributed by atoms with Crippen LogP contribution < -0.4 is 0 Å². The van der Waals surface area contributed by atoms with Crippen LogP contribution in [-0.4, -0.2) is 31.7 Å². The largest absolute Gasteiger partial charge is 0.381 e. The third kappa shape index (κ3) is 2.34. The highest BCUT2D eigenvalue weighted by Gasteiger charge is 2.36. The molecular formula is C11H20O3. The van der Waals surface area contributed by atoms with Gasteiger partial charge in [0.1, 0.15) is 5.60 Å². The van der Waals surface area contributed by atoms with Gasteiger partial charge in [-0.05, 0) is 26.2 Å². The first-order chi connectivity index (χ1) is 6.64. The summed E-state index contributed by atoms with van der Waals surface area (Å²) in [4.78, 5) is 12.1. The highest BCUT2D eigenvalue weighted by molar-refractivity contribution is 5.89. The van der Waals surface area contributed by atoms with Crippen molar-refractivity contribution in [2.24, 2.45) is 5.92 Å². The molecule has 0 N–H and O–H groups in total. The lowest BCUT2D eigenvalue weighted by Crippen LogP contribution is -2.43. The fourth-order valence-electron chi connectivity index (χ4n) is 1.80. The van der Waals surface area contributed by atoms with Crippen molar-refractivity contribution in [3.05, 3.63) is 0 Å². The monoisotopic (exact) mass is 200 g/mol. The van der Waals surface area contributed by atoms with Gasteiger partial charge in [0, 0.05) is 19.6 Å². The molecule has 0 aromatic carbocycles. The molecule has 14 heavy (non-hydrogen) atoms. The van der Waals surface area contributed by atoms with Crippen LogP contribution in [0.25, 0.3) is 0 Å². The van der Waals surface area contributed by atoms with Crippen molar-refractivity contribution < 1.29 is 14.3 Å². The standard InChI is InChI=1S/C11H20O3/c1-4-11(2,13-3)10(12)9-6-5-7-14-8-9/h9H,4-8H2,1-3H3. The van der Waals surface area contributed by atoms with E-state index in [2.05, 4.69) is 0 Å². The summed E-state index contributed by atoms with van der Waals surface area (Å²) in [6, 6.07) is 0. The Balaban J connectivity index is 2.61. The molecule has 3 heteroatoms. The van der Waals surface area contributed by atoms with Gasteiger partial charge in [0.2, 0.25) is 0 Å². The number of Topliss-reactive ketones (excluding diaryl/α,β-unsaturated/α-hetero) is 1. The van der Waals surface area contributed by atoms with Crippen molar-refractivity contribution in [3.8, 4) is 0 Å². The zero-order valence-corrected chi connectivity index (χ0v) is 9.34. The number of ether oxygens (including phenoxy) is 2. The van der Waals surface area contributed by atoms with E-state index in [0.717, 1.165) is 25.9 Å². The second-order valence-corrected chi connectivity index (χ2v) is 4.07. The van der Waals surface area contributed by atoms with Crippen molar-refractivity contribution >= 4 is 5.78 Å². The van der Waals surface area contributed by atoms with E-state index in [1.165, 1.54) is 0 Å². The normalized spacial score (nSPS) is 26.9. The van der Waals surface area contributed by atoms with Gasteiger partial charge in [0.05, 0.1) is 6.61 Å². The molecule has 0 saturated carbocycles. The maximum absolute atomic E-state index is 12.1. The molecule has 0 radical (unpaired) electrons. The first-order valence-electron chi connectivity index (χ1n) is 5.31. The second kappa shape index (κ2) is 4.89. The predicted octanol–water partition coefficient (Wildman–Crippen LogP) is 1.80. The van der Waals surface area contributed by atoms with Gasteiger partial charge in [-0.25, -0.2) is 0 Å². The van der Waals surface area contributed by atoms with Crippen molar-refractivity contribution in [1.29, 1.82) is 0 Å². The Kier molecular flexibility index (Phi) is 4.08. The predicted molar refractivity (Wildman–Crippen MR) is 54.3 cm³/mol. The van der Waals surface area contributed by atoms with Gasteiger partial charge >= 0.3 is 0 Å². The van der Waals surface area contributed by atoms with E-state index in [-0.39, 0.29) is 11.7 Å². The van der Waals surface area contributed by atoms with Gasteiger partial charge in [0.25, 0.3) is 0 Å². The Morgan fingerprint density at radius 2 is 2.36 bits per heavy atom. The van der Waals surface area contributed by atoms with Gasteiger partial charge in [0.15, 0.2) is 5.78 Å². The molecule has 0 aliphatic carbocycles. The Hall–Kier alpha value is -0.410. The molecular weight excluding hydrogens is 180 g/mol. The van der Waals surface area contributed by atoms with Crippen molar-refractivity contribution in [1.82, 2.24) is 0 Å². The number of methoxy groups -OCH3 is 1. The lowest BCUT2D eigenvalue weighted by atomic mass is 9.85. The van der Waals surface area contributed by atoms with Gasteiger partial charge in [-0.1, -0.05) is 6.92 Å². The maximum atomic E-state index is 12.1. The van der Waals surface area contributed by atoms with E-state index in [1.807, 2.05) is 13.8 Å². The van der Waals surface area contributed by atoms with E-state index >= 15 is 0 Å². The zero-order valence-electron chi connectivity index (χ0n) is 9.34. The van der Waals surface area contributed by atoms with E-state index in [4.69, 9.17) is 9.47 Å². The molecule has 3 nitrogen and oxygen atoms in total. The van der Waals surface area contributed by atoms with Gasteiger partial charge in [-0.15, -0.1) is 0 Å². The van der Waals surface area contributed by atoms with E-state index < -0.39 is 5.60 Å². The molecule has 2 atom stereocenters. The number of carbonyl (C=O) groups excluding carboxylic acids is 1. The summed E-state index contributed by atoms with van der Waals surface area (Å²) in [6.07, 6.45) is 2.65. The van der Waals surface area contributed by atoms with Crippen molar-refractivity contribution in [2.75, 3.05) is 20.3 Å². The van der Waals surface area contributed by atoms with Crippen LogP contribution in [0.15, 0.2) is 0 Å². The molecule has 1 aliphatic heterocycles. The summed E-state index contributed by atoms with van der Waals surface area (Å²) in [6.45, 7) is 5.20. The van der Waals surface area contributed by atoms with Crippen LogP contribution in [-0.2, 0) is 14.3 Å². The highest BCUT2D eigenvalue weighted by Crippen LogP contribution is 2.25. The quantitative estimate of drug-likeness (QED) is 0.694. The van der Waals surface area contributed by atoms with Gasteiger partial charge in [-0.2, -0.15) is 0 Å². The summed E-state index contributed by atoms with van der Waals surface area (Å²) in [5.74, 6) is 0.232. The minimum Gasteiger partial charge on any atom is -0.381 e. The number of hydrogen-bond donors (Lipinski definition) is 0. The summed E-state index contributed by atoms with van der Waals surface area (Å²) in [5, 5.41) is 0. The van der Waals surface area contributed by atoms with Crippen LogP contribution in [0, 0.1) is 5.92 Å². The van der Waals surface area contributed by atoms with Crippen LogP contribution >= 0.6 is 0 Å². The molecule has 1 rings (SSSR count). The summed E-state index contributed by atoms with van der Waals surface area (Å²) >= 11 is 0. The molecule has 1 aliphatic rings. The lowest BCUT2D eigenvalue weighted by molar-refractivity contribution is -0.147. The van der Waals surface area contributed by atoms with Crippen LogP contribution in [0.2, 0.25) is 0 Å². The van der Waals surface area contributed by atoms with Crippen LogP contribution in [0.5, 0.6) is 0 Å². The fourth-order valence-corrected chi connectivity index (χ4v) is 1.80. The minimum atomic E-state index is -0.620. The molecule has 0 bridgehead atoms. The topological polar surface area (TPSA) is 35.5 Å². The van der Waals surface area contributed by atoms with Gasteiger partial charge < -0.3 is 9.47 Å². The molecule has 82 valence electrons. The molecule has 0 amide bonds. The maximum Gasteiger partial charge on any atom is 0.169 e. The van der Waals surface area contributed by atoms with Crippen LogP contribution in [0.1, 0.15) is 33.1 Å². The van der Waals surface area contributed by atoms with E-state index in [1.54, 1.807) is 7.11 Å². The van der Waals surface area contributed by atoms with Crippen LogP contribution in [0.4, 0.5) is 0 Å². The Morgan fingerprint density at radius 1 is 1.64 bits per heavy atom. The van der Waals surface area contributed by atoms with Gasteiger partial charge in [-0.3, -0.25) is 4.79 Å². The molecule has 0 aromatic rings. The molecule has 0 spiro atoms. The minimum absolute atomic E-state index is 0.0358. The molecule has 2 unspecified atom stereocenters. The Morgan fingerprint density at radius 3 is 2.79 bits per heavy atom. The number of rotatable bonds is 4. The molecule has 1 fully saturated rings. The second-order valence-electron chi connectivity index (χ2n) is 4.07. The molecule has 0 aromatic heterocycles. The Bertz CT molecular complexity index is 191. The third-order valence-corrected chi connectivity index (χ3v) is 3.18. The number of hydrogen-bond acceptors (Lipinski definition) is 3. The average Bonchev–Trinajstić information content (AvgIpc) is 2.28.